The van der Waals surface area contributed by atoms with Crippen molar-refractivity contribution in [2.24, 2.45) is 5.10 Å². The number of nitrogens with zero attached hydrogens (tertiary/aromatic N) is 2. The summed E-state index contributed by atoms with van der Waals surface area (Å²) in [6, 6.07) is 14.1. The standard InChI is InChI=1S/C35H44N4O6/c40-30-14-10-8-12-28(30)37-32(41)16-4-3-5-17-33(42)38-36-24-26-20-22-27(23-21-26)25-39-29-13-9-11-15-31(29)45-35(44)19-7-2-1-6-18-34(39)43/h1-2,8,10,12,14,20-24,29,31,40H,3-7,9,11,13,15-19,25H2,(H,37,41)(H,38,42)/b2-1+,36-24+/t29-,31-/m1/s1. The molecule has 0 spiro atoms. The number of carbonyl (C=O) groups is 4. The third kappa shape index (κ3) is 11.2. The number of benzene rings is 2. The van der Waals surface area contributed by atoms with Gasteiger partial charge in [-0.05, 0) is 68.2 Å². The second kappa shape index (κ2) is 17.7. The van der Waals surface area contributed by atoms with Gasteiger partial charge in [-0.3, -0.25) is 19.2 Å². The van der Waals surface area contributed by atoms with Crippen LogP contribution in [0.5, 0.6) is 5.75 Å². The molecule has 2 aliphatic rings. The van der Waals surface area contributed by atoms with Crippen molar-refractivity contribution in [1.82, 2.24) is 10.3 Å². The van der Waals surface area contributed by atoms with Gasteiger partial charge in [-0.1, -0.05) is 61.4 Å². The second-order valence-electron chi connectivity index (χ2n) is 11.6. The number of hydrogen-bond acceptors (Lipinski definition) is 7. The van der Waals surface area contributed by atoms with Crippen LogP contribution in [0.3, 0.4) is 0 Å². The summed E-state index contributed by atoms with van der Waals surface area (Å²) in [7, 11) is 0. The fourth-order valence-corrected chi connectivity index (χ4v) is 5.66. The predicted molar refractivity (Wildman–Crippen MR) is 172 cm³/mol. The average Bonchev–Trinajstić information content (AvgIpc) is 3.03. The molecule has 2 aromatic carbocycles. The van der Waals surface area contributed by atoms with E-state index in [0.29, 0.717) is 70.0 Å². The summed E-state index contributed by atoms with van der Waals surface area (Å²) in [4.78, 5) is 51.9. The molecule has 1 fully saturated rings. The van der Waals surface area contributed by atoms with Crippen molar-refractivity contribution in [2.75, 3.05) is 5.32 Å². The second-order valence-corrected chi connectivity index (χ2v) is 11.6. The minimum atomic E-state index is -0.275. The van der Waals surface area contributed by atoms with Crippen LogP contribution in [0, 0.1) is 0 Å². The summed E-state index contributed by atoms with van der Waals surface area (Å²) in [5.41, 5.74) is 4.71. The Morgan fingerprint density at radius 3 is 2.40 bits per heavy atom. The highest BCUT2D eigenvalue weighted by molar-refractivity contribution is 5.92. The van der Waals surface area contributed by atoms with Crippen LogP contribution >= 0.6 is 0 Å². The molecule has 0 radical (unpaired) electrons. The number of rotatable bonds is 11. The highest BCUT2D eigenvalue weighted by Gasteiger charge is 2.35. The lowest BCUT2D eigenvalue weighted by molar-refractivity contribution is -0.159. The van der Waals surface area contributed by atoms with Gasteiger partial charge in [0.2, 0.25) is 17.7 Å². The van der Waals surface area contributed by atoms with Crippen LogP contribution in [0.25, 0.3) is 0 Å². The molecule has 1 saturated carbocycles. The Kier molecular flexibility index (Phi) is 13.2. The quantitative estimate of drug-likeness (QED) is 0.0735. The number of nitrogens with one attached hydrogen (secondary N) is 2. The molecule has 3 amide bonds. The van der Waals surface area contributed by atoms with Crippen LogP contribution in [-0.2, 0) is 30.5 Å². The number of ether oxygens (including phenoxy) is 1. The lowest BCUT2D eigenvalue weighted by atomic mass is 9.90. The van der Waals surface area contributed by atoms with E-state index in [9.17, 15) is 24.3 Å². The van der Waals surface area contributed by atoms with Crippen molar-refractivity contribution < 1.29 is 29.0 Å². The summed E-state index contributed by atoms with van der Waals surface area (Å²) < 4.78 is 5.85. The molecular formula is C35H44N4O6. The number of hydrazone groups is 1. The van der Waals surface area contributed by atoms with E-state index in [1.807, 2.05) is 41.3 Å². The van der Waals surface area contributed by atoms with Crippen molar-refractivity contribution in [3.63, 3.8) is 0 Å². The molecule has 0 aromatic heterocycles. The summed E-state index contributed by atoms with van der Waals surface area (Å²) in [5, 5.41) is 16.5. The number of para-hydroxylation sites is 2. The lowest BCUT2D eigenvalue weighted by Crippen LogP contribution is -2.49. The van der Waals surface area contributed by atoms with Crippen LogP contribution in [0.1, 0.15) is 94.6 Å². The molecule has 0 saturated heterocycles. The third-order valence-electron chi connectivity index (χ3n) is 8.10. The highest BCUT2D eigenvalue weighted by Crippen LogP contribution is 2.29. The first kappa shape index (κ1) is 33.4. The Balaban J connectivity index is 1.21. The number of anilines is 1. The SMILES string of the molecule is O=C(CCCCCC(=O)Nc1ccccc1O)N/N=C/c1ccc(CN2C(=O)CC/C=C/CCC(=O)O[C@@H]3CCCC[C@H]32)cc1. The molecule has 1 aliphatic carbocycles. The minimum Gasteiger partial charge on any atom is -0.506 e. The fourth-order valence-electron chi connectivity index (χ4n) is 5.66. The lowest BCUT2D eigenvalue weighted by Gasteiger charge is -2.39. The first-order valence-corrected chi connectivity index (χ1v) is 16.0. The van der Waals surface area contributed by atoms with Crippen LogP contribution in [0.15, 0.2) is 65.8 Å². The molecule has 10 nitrogen and oxygen atoms in total. The van der Waals surface area contributed by atoms with Crippen LogP contribution < -0.4 is 10.7 Å². The van der Waals surface area contributed by atoms with Crippen molar-refractivity contribution in [1.29, 1.82) is 0 Å². The maximum absolute atomic E-state index is 13.3. The molecular weight excluding hydrogens is 572 g/mol. The van der Waals surface area contributed by atoms with Crippen molar-refractivity contribution in [3.8, 4) is 5.75 Å². The number of phenolic OH excluding ortho intramolecular Hbond substituents is 1. The molecule has 2 aromatic rings. The molecule has 240 valence electrons. The Labute approximate surface area is 264 Å². The number of esters is 1. The summed E-state index contributed by atoms with van der Waals surface area (Å²) in [6.07, 6.45) is 13.5. The zero-order valence-corrected chi connectivity index (χ0v) is 25.8. The first-order valence-electron chi connectivity index (χ1n) is 16.0. The van der Waals surface area contributed by atoms with Crippen molar-refractivity contribution >= 4 is 35.6 Å². The molecule has 45 heavy (non-hydrogen) atoms. The number of allylic oxidation sites excluding steroid dienone is 2. The Morgan fingerprint density at radius 2 is 1.62 bits per heavy atom. The van der Waals surface area contributed by atoms with E-state index in [1.165, 1.54) is 6.07 Å². The van der Waals surface area contributed by atoms with Gasteiger partial charge in [0.05, 0.1) is 17.9 Å². The number of amides is 3. The molecule has 1 heterocycles. The Hall–Kier alpha value is -4.47. The van der Waals surface area contributed by atoms with Crippen molar-refractivity contribution in [2.45, 2.75) is 102 Å². The van der Waals surface area contributed by atoms with E-state index in [2.05, 4.69) is 15.8 Å². The van der Waals surface area contributed by atoms with Gasteiger partial charge < -0.3 is 20.1 Å². The van der Waals surface area contributed by atoms with Crippen LogP contribution in [-0.4, -0.2) is 52.1 Å². The van der Waals surface area contributed by atoms with Crippen LogP contribution in [0.4, 0.5) is 5.69 Å². The van der Waals surface area contributed by atoms with Gasteiger partial charge >= 0.3 is 5.97 Å². The van der Waals surface area contributed by atoms with E-state index in [-0.39, 0.29) is 41.6 Å². The normalized spacial score (nSPS) is 20.0. The zero-order chi connectivity index (χ0) is 31.9. The monoisotopic (exact) mass is 616 g/mol. The van der Waals surface area contributed by atoms with Gasteiger partial charge in [0.1, 0.15) is 11.9 Å². The predicted octanol–water partition coefficient (Wildman–Crippen LogP) is 5.74. The smallest absolute Gasteiger partial charge is 0.306 e. The first-order chi connectivity index (χ1) is 21.9. The van der Waals surface area contributed by atoms with E-state index >= 15 is 0 Å². The van der Waals surface area contributed by atoms with Gasteiger partial charge in [-0.25, -0.2) is 5.43 Å². The topological polar surface area (TPSA) is 137 Å². The molecule has 3 N–H and O–H groups in total. The Morgan fingerprint density at radius 1 is 0.911 bits per heavy atom. The molecule has 1 aliphatic heterocycles. The molecule has 0 unspecified atom stereocenters. The summed E-state index contributed by atoms with van der Waals surface area (Å²) in [6.45, 7) is 0.436. The van der Waals surface area contributed by atoms with E-state index < -0.39 is 0 Å². The molecule has 4 rings (SSSR count). The largest absolute Gasteiger partial charge is 0.506 e. The summed E-state index contributed by atoms with van der Waals surface area (Å²) in [5.74, 6) is -0.486. The zero-order valence-electron chi connectivity index (χ0n) is 25.8. The average molecular weight is 617 g/mol. The van der Waals surface area contributed by atoms with Crippen molar-refractivity contribution in [3.05, 3.63) is 71.8 Å². The number of aromatic hydroxyl groups is 1. The van der Waals surface area contributed by atoms with E-state index in [0.717, 1.165) is 36.8 Å². The highest BCUT2D eigenvalue weighted by atomic mass is 16.5. The number of unbranched alkanes of at least 4 members (excludes halogenated alkanes) is 2. The van der Waals surface area contributed by atoms with Gasteiger partial charge in [0, 0.05) is 32.2 Å². The van der Waals surface area contributed by atoms with Gasteiger partial charge in [0.15, 0.2) is 0 Å². The fraction of sp³-hybridized carbons (Fsp3) is 0.457. The maximum atomic E-state index is 13.3. The minimum absolute atomic E-state index is 0.0283. The number of hydrogen-bond donors (Lipinski definition) is 3. The molecule has 0 bridgehead atoms. The molecule has 10 heteroatoms. The van der Waals surface area contributed by atoms with Crippen LogP contribution in [0.2, 0.25) is 0 Å². The Bertz CT molecular complexity index is 1360. The molecule has 2 atom stereocenters. The number of fused-ring (bicyclic) bond motifs is 1. The van der Waals surface area contributed by atoms with Gasteiger partial charge in [-0.15, -0.1) is 0 Å². The van der Waals surface area contributed by atoms with Gasteiger partial charge in [0.25, 0.3) is 0 Å². The number of phenols is 1. The van der Waals surface area contributed by atoms with E-state index in [4.69, 9.17) is 4.74 Å². The maximum Gasteiger partial charge on any atom is 0.306 e. The van der Waals surface area contributed by atoms with Gasteiger partial charge in [-0.2, -0.15) is 5.10 Å². The number of carbonyl (C=O) groups excluding carboxylic acids is 4. The third-order valence-corrected chi connectivity index (χ3v) is 8.10. The summed E-state index contributed by atoms with van der Waals surface area (Å²) >= 11 is 0. The van der Waals surface area contributed by atoms with E-state index in [1.54, 1.807) is 24.4 Å².